The summed E-state index contributed by atoms with van der Waals surface area (Å²) in [7, 11) is 1.16. The van der Waals surface area contributed by atoms with Crippen LogP contribution in [0.3, 0.4) is 0 Å². The Morgan fingerprint density at radius 2 is 1.88 bits per heavy atom. The molecule has 1 amide bonds. The van der Waals surface area contributed by atoms with Crippen LogP contribution in [0.2, 0.25) is 10.0 Å². The number of hydrogen-bond acceptors (Lipinski definition) is 3. The smallest absolute Gasteiger partial charge is 0.328 e. The Morgan fingerprint density at radius 3 is 2.48 bits per heavy atom. The summed E-state index contributed by atoms with van der Waals surface area (Å²) < 4.78 is 31.3. The van der Waals surface area contributed by atoms with Crippen LogP contribution in [-0.4, -0.2) is 25.0 Å². The van der Waals surface area contributed by atoms with E-state index < -0.39 is 35.1 Å². The molecule has 0 spiro atoms. The molecule has 0 fully saturated rings. The molecule has 1 atom stereocenters. The molecule has 0 unspecified atom stereocenters. The summed E-state index contributed by atoms with van der Waals surface area (Å²) in [4.78, 5) is 24.1. The maximum absolute atomic E-state index is 13.7. The molecular weight excluding hydrogens is 375 g/mol. The van der Waals surface area contributed by atoms with E-state index in [1.54, 1.807) is 12.1 Å². The third kappa shape index (κ3) is 4.90. The maximum atomic E-state index is 13.7. The summed E-state index contributed by atoms with van der Waals surface area (Å²) in [5.74, 6) is -3.46. The van der Waals surface area contributed by atoms with Crippen molar-refractivity contribution >= 4 is 35.1 Å². The number of halogens is 4. The number of amides is 1. The van der Waals surface area contributed by atoms with Gasteiger partial charge < -0.3 is 10.1 Å². The largest absolute Gasteiger partial charge is 0.467 e. The van der Waals surface area contributed by atoms with Crippen molar-refractivity contribution in [3.05, 3.63) is 69.2 Å². The Hall–Kier alpha value is -2.18. The van der Waals surface area contributed by atoms with Gasteiger partial charge in [0.25, 0.3) is 5.91 Å². The first kappa shape index (κ1) is 19.1. The normalized spacial score (nSPS) is 11.7. The van der Waals surface area contributed by atoms with Gasteiger partial charge in [-0.2, -0.15) is 0 Å². The van der Waals surface area contributed by atoms with E-state index in [0.717, 1.165) is 19.2 Å². The van der Waals surface area contributed by atoms with Gasteiger partial charge in [-0.3, -0.25) is 4.79 Å². The van der Waals surface area contributed by atoms with Gasteiger partial charge in [0.2, 0.25) is 0 Å². The monoisotopic (exact) mass is 387 g/mol. The number of carbonyl (C=O) groups is 2. The lowest BCUT2D eigenvalue weighted by Crippen LogP contribution is -2.43. The summed E-state index contributed by atoms with van der Waals surface area (Å²) in [5, 5.41) is 3.09. The number of hydrogen-bond donors (Lipinski definition) is 1. The van der Waals surface area contributed by atoms with Crippen LogP contribution in [0.25, 0.3) is 0 Å². The molecule has 8 heteroatoms. The van der Waals surface area contributed by atoms with Crippen molar-refractivity contribution in [1.82, 2.24) is 5.32 Å². The van der Waals surface area contributed by atoms with Crippen molar-refractivity contribution in [2.24, 2.45) is 0 Å². The van der Waals surface area contributed by atoms with Crippen LogP contribution in [0.15, 0.2) is 36.4 Å². The van der Waals surface area contributed by atoms with Gasteiger partial charge in [-0.1, -0.05) is 29.3 Å². The average molecular weight is 388 g/mol. The van der Waals surface area contributed by atoms with Gasteiger partial charge in [0, 0.05) is 22.5 Å². The number of benzene rings is 2. The van der Waals surface area contributed by atoms with Crippen LogP contribution in [0.1, 0.15) is 15.9 Å². The molecule has 0 aromatic heterocycles. The van der Waals surface area contributed by atoms with Crippen molar-refractivity contribution in [2.45, 2.75) is 12.5 Å². The molecule has 1 N–H and O–H groups in total. The summed E-state index contributed by atoms with van der Waals surface area (Å²) in [6, 6.07) is 6.08. The van der Waals surface area contributed by atoms with E-state index in [4.69, 9.17) is 23.2 Å². The molecule has 0 aliphatic heterocycles. The number of rotatable bonds is 5. The van der Waals surface area contributed by atoms with Crippen LogP contribution >= 0.6 is 23.2 Å². The fraction of sp³-hybridized carbons (Fsp3) is 0.176. The van der Waals surface area contributed by atoms with Crippen molar-refractivity contribution in [1.29, 1.82) is 0 Å². The van der Waals surface area contributed by atoms with Gasteiger partial charge in [0.15, 0.2) is 0 Å². The molecule has 0 heterocycles. The molecule has 2 aromatic carbocycles. The van der Waals surface area contributed by atoms with E-state index in [-0.39, 0.29) is 6.42 Å². The second-order valence-corrected chi connectivity index (χ2v) is 5.96. The highest BCUT2D eigenvalue weighted by molar-refractivity contribution is 6.35. The lowest BCUT2D eigenvalue weighted by molar-refractivity contribution is -0.142. The highest BCUT2D eigenvalue weighted by Gasteiger charge is 2.25. The van der Waals surface area contributed by atoms with Gasteiger partial charge in [0.1, 0.15) is 17.7 Å². The second-order valence-electron chi connectivity index (χ2n) is 5.11. The number of ether oxygens (including phenoxy) is 1. The molecule has 0 radical (unpaired) electrons. The molecular formula is C17H13Cl2F2NO3. The summed E-state index contributed by atoms with van der Waals surface area (Å²) in [5.41, 5.74) is 0.152. The Morgan fingerprint density at radius 1 is 1.16 bits per heavy atom. The first-order chi connectivity index (χ1) is 11.8. The lowest BCUT2D eigenvalue weighted by Gasteiger charge is -2.17. The highest BCUT2D eigenvalue weighted by Crippen LogP contribution is 2.22. The number of nitrogens with one attached hydrogen (secondary N) is 1. The number of carbonyl (C=O) groups excluding carboxylic acids is 2. The predicted molar refractivity (Wildman–Crippen MR) is 89.8 cm³/mol. The van der Waals surface area contributed by atoms with Crippen LogP contribution < -0.4 is 5.32 Å². The van der Waals surface area contributed by atoms with Gasteiger partial charge >= 0.3 is 5.97 Å². The van der Waals surface area contributed by atoms with E-state index in [9.17, 15) is 18.4 Å². The topological polar surface area (TPSA) is 55.4 Å². The standard InChI is InChI=1S/C17H13Cl2F2NO3/c1-25-17(24)15(6-9-2-3-10(18)7-13(9)19)22-16(23)12-5-4-11(20)8-14(12)21/h2-5,7-8,15H,6H2,1H3,(H,22,23)/t15-/m1/s1. The fourth-order valence-corrected chi connectivity index (χ4v) is 2.64. The molecule has 0 saturated carbocycles. The molecule has 2 rings (SSSR count). The lowest BCUT2D eigenvalue weighted by atomic mass is 10.0. The molecule has 0 aliphatic rings. The van der Waals surface area contributed by atoms with Crippen LogP contribution in [0.4, 0.5) is 8.78 Å². The fourth-order valence-electron chi connectivity index (χ4n) is 2.15. The Bertz CT molecular complexity index is 814. The first-order valence-corrected chi connectivity index (χ1v) is 7.85. The SMILES string of the molecule is COC(=O)[C@@H](Cc1ccc(Cl)cc1Cl)NC(=O)c1ccc(F)cc1F. The number of methoxy groups -OCH3 is 1. The Labute approximate surface area is 152 Å². The second kappa shape index (κ2) is 8.27. The van der Waals surface area contributed by atoms with E-state index >= 15 is 0 Å². The van der Waals surface area contributed by atoms with Crippen molar-refractivity contribution in [3.8, 4) is 0 Å². The zero-order valence-corrected chi connectivity index (χ0v) is 14.5. The molecule has 2 aromatic rings. The Balaban J connectivity index is 2.22. The molecule has 0 saturated heterocycles. The quantitative estimate of drug-likeness (QED) is 0.794. The zero-order valence-electron chi connectivity index (χ0n) is 13.0. The molecule has 0 aliphatic carbocycles. The van der Waals surface area contributed by atoms with Crippen molar-refractivity contribution in [3.63, 3.8) is 0 Å². The summed E-state index contributed by atoms with van der Waals surface area (Å²) in [6.45, 7) is 0. The first-order valence-electron chi connectivity index (χ1n) is 7.09. The zero-order chi connectivity index (χ0) is 18.6. The molecule has 25 heavy (non-hydrogen) atoms. The average Bonchev–Trinajstić information content (AvgIpc) is 2.55. The molecule has 132 valence electrons. The minimum Gasteiger partial charge on any atom is -0.467 e. The van der Waals surface area contributed by atoms with E-state index in [1.165, 1.54) is 6.07 Å². The van der Waals surface area contributed by atoms with Gasteiger partial charge in [0.05, 0.1) is 12.7 Å². The maximum Gasteiger partial charge on any atom is 0.328 e. The summed E-state index contributed by atoms with van der Waals surface area (Å²) in [6.07, 6.45) is 0.0111. The molecule has 4 nitrogen and oxygen atoms in total. The molecule has 0 bridgehead atoms. The van der Waals surface area contributed by atoms with E-state index in [2.05, 4.69) is 10.1 Å². The van der Waals surface area contributed by atoms with Gasteiger partial charge in [-0.15, -0.1) is 0 Å². The number of esters is 1. The highest BCUT2D eigenvalue weighted by atomic mass is 35.5. The third-order valence-electron chi connectivity index (χ3n) is 3.41. The van der Waals surface area contributed by atoms with E-state index in [1.807, 2.05) is 0 Å². The third-order valence-corrected chi connectivity index (χ3v) is 3.99. The minimum atomic E-state index is -1.11. The van der Waals surface area contributed by atoms with Crippen molar-refractivity contribution < 1.29 is 23.1 Å². The van der Waals surface area contributed by atoms with Crippen LogP contribution in [-0.2, 0) is 16.0 Å². The van der Waals surface area contributed by atoms with Gasteiger partial charge in [-0.25, -0.2) is 13.6 Å². The van der Waals surface area contributed by atoms with Crippen LogP contribution in [0.5, 0.6) is 0 Å². The van der Waals surface area contributed by atoms with Crippen molar-refractivity contribution in [2.75, 3.05) is 7.11 Å². The van der Waals surface area contributed by atoms with E-state index in [0.29, 0.717) is 21.7 Å². The minimum absolute atomic E-state index is 0.0111. The predicted octanol–water partition coefficient (Wildman–Crippen LogP) is 3.79. The summed E-state index contributed by atoms with van der Waals surface area (Å²) >= 11 is 11.9. The van der Waals surface area contributed by atoms with Gasteiger partial charge in [-0.05, 0) is 29.8 Å². The van der Waals surface area contributed by atoms with Crippen LogP contribution in [0, 0.1) is 11.6 Å². The Kier molecular flexibility index (Phi) is 6.33.